The van der Waals surface area contributed by atoms with Crippen LogP contribution in [0, 0.1) is 16.6 Å². The van der Waals surface area contributed by atoms with E-state index in [9.17, 15) is 23.6 Å². The second-order valence-corrected chi connectivity index (χ2v) is 11.8. The van der Waals surface area contributed by atoms with Crippen molar-refractivity contribution in [2.75, 3.05) is 32.6 Å². The minimum Gasteiger partial charge on any atom is -0.482 e. The van der Waals surface area contributed by atoms with E-state index in [2.05, 4.69) is 26.0 Å². The first-order chi connectivity index (χ1) is 20.1. The maximum absolute atomic E-state index is 14.5. The van der Waals surface area contributed by atoms with Crippen molar-refractivity contribution >= 4 is 35.0 Å². The molecule has 0 spiro atoms. The summed E-state index contributed by atoms with van der Waals surface area (Å²) >= 11 is 0. The van der Waals surface area contributed by atoms with Crippen molar-refractivity contribution in [3.8, 4) is 5.75 Å². The molecule has 220 valence electrons. The minimum atomic E-state index is -0.760. The molecule has 13 heteroatoms. The number of hydrogen-bond donors (Lipinski definition) is 3. The number of amides is 4. The summed E-state index contributed by atoms with van der Waals surface area (Å²) in [6.45, 7) is 0.446. The van der Waals surface area contributed by atoms with Gasteiger partial charge < -0.3 is 25.6 Å². The molecule has 3 heterocycles. The van der Waals surface area contributed by atoms with E-state index in [4.69, 9.17) is 4.74 Å². The fraction of sp³-hybridized carbons (Fsp3) is 0.448. The molecule has 12 nitrogen and oxygen atoms in total. The third-order valence-electron chi connectivity index (χ3n) is 8.91. The highest BCUT2D eigenvalue weighted by atomic mass is 19.1. The molecule has 4 amide bonds. The smallest absolute Gasteiger partial charge is 0.270 e. The molecule has 3 fully saturated rings. The molecule has 3 N–H and O–H groups in total. The molecule has 3 aromatic rings. The van der Waals surface area contributed by atoms with Gasteiger partial charge in [0.2, 0.25) is 5.91 Å². The zero-order valence-electron chi connectivity index (χ0n) is 23.5. The first-order valence-electron chi connectivity index (χ1n) is 14.0. The number of carbonyl (C=O) groups is 4. The number of hydrogen-bond acceptors (Lipinski definition) is 7. The normalized spacial score (nSPS) is 22.6. The van der Waals surface area contributed by atoms with Crippen molar-refractivity contribution in [3.63, 3.8) is 0 Å². The Morgan fingerprint density at radius 1 is 1.07 bits per heavy atom. The fourth-order valence-corrected chi connectivity index (χ4v) is 6.41. The first-order valence-corrected chi connectivity index (χ1v) is 14.0. The molecule has 3 aliphatic carbocycles. The molecule has 0 unspecified atom stereocenters. The van der Waals surface area contributed by atoms with Crippen molar-refractivity contribution in [1.82, 2.24) is 30.1 Å². The van der Waals surface area contributed by atoms with Crippen LogP contribution in [0.2, 0.25) is 0 Å². The Hall–Kier alpha value is -4.55. The number of nitrogens with zero attached hydrogens (tertiary/aromatic N) is 4. The van der Waals surface area contributed by atoms with Crippen LogP contribution in [0.15, 0.2) is 30.5 Å². The lowest BCUT2D eigenvalue weighted by Gasteiger charge is -2.53. The van der Waals surface area contributed by atoms with Crippen LogP contribution in [-0.4, -0.2) is 70.4 Å². The molecule has 3 saturated carbocycles. The molecule has 2 aromatic heterocycles. The summed E-state index contributed by atoms with van der Waals surface area (Å²) in [4.78, 5) is 56.7. The van der Waals surface area contributed by atoms with E-state index in [1.807, 2.05) is 0 Å². The van der Waals surface area contributed by atoms with Crippen molar-refractivity contribution in [3.05, 3.63) is 53.2 Å². The Kier molecular flexibility index (Phi) is 6.82. The Balaban J connectivity index is 1.15. The SMILES string of the molecule is CN(C)C(=O)C12CCC(CNC(=O)c3cc(C(=O)NCc4ccc5c(c4)NC(=O)CO5)nc4c(F)cnn34)(CC1)CC2. The van der Waals surface area contributed by atoms with Gasteiger partial charge in [0.25, 0.3) is 17.7 Å². The van der Waals surface area contributed by atoms with Crippen LogP contribution in [0.1, 0.15) is 65.1 Å². The van der Waals surface area contributed by atoms with Gasteiger partial charge in [0.05, 0.1) is 11.9 Å². The van der Waals surface area contributed by atoms with Gasteiger partial charge in [-0.05, 0) is 61.6 Å². The summed E-state index contributed by atoms with van der Waals surface area (Å²) in [7, 11) is 3.58. The van der Waals surface area contributed by atoms with Gasteiger partial charge in [-0.3, -0.25) is 19.2 Å². The Morgan fingerprint density at radius 3 is 2.52 bits per heavy atom. The number of halogens is 1. The van der Waals surface area contributed by atoms with Gasteiger partial charge in [-0.15, -0.1) is 0 Å². The predicted molar refractivity (Wildman–Crippen MR) is 148 cm³/mol. The number of ether oxygens (including phenoxy) is 1. The van der Waals surface area contributed by atoms with Gasteiger partial charge in [-0.2, -0.15) is 5.10 Å². The standard InChI is InChI=1S/C29H32FN7O5/c1-36(2)27(41)29-8-5-28(6-9-29,7-10-29)16-32-26(40)21-12-20(35-24-18(30)14-33-37(21)24)25(39)31-13-17-3-4-22-19(11-17)34-23(38)15-42-22/h3-4,11-12,14H,5-10,13,15-16H2,1-2H3,(H,31,39)(H,32,40)(H,34,38). The van der Waals surface area contributed by atoms with Crippen molar-refractivity contribution in [1.29, 1.82) is 0 Å². The van der Waals surface area contributed by atoms with Crippen LogP contribution < -0.4 is 20.7 Å². The van der Waals surface area contributed by atoms with Gasteiger partial charge in [0.15, 0.2) is 18.1 Å². The van der Waals surface area contributed by atoms with Crippen molar-refractivity contribution < 1.29 is 28.3 Å². The summed E-state index contributed by atoms with van der Waals surface area (Å²) in [6, 6.07) is 6.43. The number of aromatic nitrogens is 3. The number of rotatable bonds is 7. The van der Waals surface area contributed by atoms with Crippen LogP contribution in [0.25, 0.3) is 5.65 Å². The Bertz CT molecular complexity index is 1590. The average molecular weight is 578 g/mol. The molecule has 0 atom stereocenters. The number of fused-ring (bicyclic) bond motifs is 5. The summed E-state index contributed by atoms with van der Waals surface area (Å²) in [5, 5.41) is 12.4. The molecule has 4 aliphatic rings. The quantitative estimate of drug-likeness (QED) is 0.390. The topological polar surface area (TPSA) is 147 Å². The molecule has 0 radical (unpaired) electrons. The first kappa shape index (κ1) is 27.6. The molecular formula is C29H32FN7O5. The number of carbonyl (C=O) groups excluding carboxylic acids is 4. The van der Waals surface area contributed by atoms with E-state index in [1.54, 1.807) is 37.2 Å². The van der Waals surface area contributed by atoms with Crippen LogP contribution in [0.5, 0.6) is 5.75 Å². The molecular weight excluding hydrogens is 545 g/mol. The average Bonchev–Trinajstić information content (AvgIpc) is 3.38. The lowest BCUT2D eigenvalue weighted by molar-refractivity contribution is -0.149. The van der Waals surface area contributed by atoms with Crippen LogP contribution in [0.4, 0.5) is 10.1 Å². The second kappa shape index (κ2) is 10.4. The summed E-state index contributed by atoms with van der Waals surface area (Å²) in [5.41, 5.74) is 0.404. The maximum Gasteiger partial charge on any atom is 0.270 e. The maximum atomic E-state index is 14.5. The highest BCUT2D eigenvalue weighted by molar-refractivity contribution is 5.98. The third-order valence-corrected chi connectivity index (χ3v) is 8.91. The van der Waals surface area contributed by atoms with Gasteiger partial charge in [-0.1, -0.05) is 6.07 Å². The highest BCUT2D eigenvalue weighted by Gasteiger charge is 2.52. The van der Waals surface area contributed by atoms with E-state index in [-0.39, 0.29) is 52.8 Å². The number of benzene rings is 1. The summed E-state index contributed by atoms with van der Waals surface area (Å²) < 4.78 is 21.0. The zero-order valence-corrected chi connectivity index (χ0v) is 23.5. The lowest BCUT2D eigenvalue weighted by Crippen LogP contribution is -2.52. The molecule has 1 aromatic carbocycles. The summed E-state index contributed by atoms with van der Waals surface area (Å²) in [5.74, 6) is -1.42. The zero-order chi connectivity index (χ0) is 29.6. The van der Waals surface area contributed by atoms with Crippen LogP contribution >= 0.6 is 0 Å². The van der Waals surface area contributed by atoms with Gasteiger partial charge in [0, 0.05) is 38.7 Å². The molecule has 2 bridgehead atoms. The number of anilines is 1. The van der Waals surface area contributed by atoms with E-state index < -0.39 is 17.6 Å². The Morgan fingerprint density at radius 2 is 1.81 bits per heavy atom. The lowest BCUT2D eigenvalue weighted by atomic mass is 9.53. The monoisotopic (exact) mass is 577 g/mol. The van der Waals surface area contributed by atoms with E-state index in [0.29, 0.717) is 23.5 Å². The van der Waals surface area contributed by atoms with Crippen LogP contribution in [-0.2, 0) is 16.1 Å². The fourth-order valence-electron chi connectivity index (χ4n) is 6.41. The van der Waals surface area contributed by atoms with Gasteiger partial charge in [-0.25, -0.2) is 13.9 Å². The minimum absolute atomic E-state index is 0.0113. The second-order valence-electron chi connectivity index (χ2n) is 11.8. The predicted octanol–water partition coefficient (Wildman–Crippen LogP) is 2.29. The molecule has 1 aliphatic heterocycles. The molecule has 0 saturated heterocycles. The van der Waals surface area contributed by atoms with E-state index in [0.717, 1.165) is 49.2 Å². The summed E-state index contributed by atoms with van der Waals surface area (Å²) in [6.07, 6.45) is 5.82. The van der Waals surface area contributed by atoms with E-state index >= 15 is 0 Å². The van der Waals surface area contributed by atoms with Crippen LogP contribution in [0.3, 0.4) is 0 Å². The van der Waals surface area contributed by atoms with E-state index in [1.165, 1.54) is 6.07 Å². The van der Waals surface area contributed by atoms with Crippen molar-refractivity contribution in [2.45, 2.75) is 45.1 Å². The Labute approximate surface area is 241 Å². The van der Waals surface area contributed by atoms with Gasteiger partial charge >= 0.3 is 0 Å². The molecule has 7 rings (SSSR count). The largest absolute Gasteiger partial charge is 0.482 e. The van der Waals surface area contributed by atoms with Gasteiger partial charge in [0.1, 0.15) is 17.1 Å². The molecule has 42 heavy (non-hydrogen) atoms. The number of nitrogens with one attached hydrogen (secondary N) is 3. The third kappa shape index (κ3) is 4.92. The van der Waals surface area contributed by atoms with Crippen molar-refractivity contribution in [2.24, 2.45) is 10.8 Å². The highest BCUT2D eigenvalue weighted by Crippen LogP contribution is 2.57.